The Morgan fingerprint density at radius 3 is 2.97 bits per heavy atom. The molecule has 0 unspecified atom stereocenters. The van der Waals surface area contributed by atoms with Gasteiger partial charge in [0.25, 0.3) is 5.56 Å². The van der Waals surface area contributed by atoms with Crippen molar-refractivity contribution in [2.45, 2.75) is 32.9 Å². The van der Waals surface area contributed by atoms with Crippen LogP contribution in [0.3, 0.4) is 0 Å². The lowest BCUT2D eigenvalue weighted by atomic mass is 10.0. The fourth-order valence-electron chi connectivity index (χ4n) is 4.36. The van der Waals surface area contributed by atoms with Crippen molar-refractivity contribution < 1.29 is 9.47 Å². The molecule has 0 radical (unpaired) electrons. The minimum atomic E-state index is -0.390. The van der Waals surface area contributed by atoms with Crippen molar-refractivity contribution >= 4 is 17.3 Å². The summed E-state index contributed by atoms with van der Waals surface area (Å²) in [5.74, 6) is 1.11. The van der Waals surface area contributed by atoms with Gasteiger partial charge in [0.15, 0.2) is 0 Å². The number of hydrogen-bond acceptors (Lipinski definition) is 7. The first-order valence-electron chi connectivity index (χ1n) is 10.7. The molecule has 2 saturated heterocycles. The molecule has 168 valence electrons. The van der Waals surface area contributed by atoms with Gasteiger partial charge in [-0.15, -0.1) is 0 Å². The fraction of sp³-hybridized carbons (Fsp3) is 0.455. The quantitative estimate of drug-likeness (QED) is 0.608. The summed E-state index contributed by atoms with van der Waals surface area (Å²) in [6.45, 7) is 7.95. The molecule has 3 aromatic rings. The zero-order chi connectivity index (χ0) is 22.2. The lowest BCUT2D eigenvalue weighted by molar-refractivity contribution is -0.0411. The van der Waals surface area contributed by atoms with Crippen molar-refractivity contribution in [1.82, 2.24) is 25.0 Å². The zero-order valence-electron chi connectivity index (χ0n) is 18.0. The molecule has 0 saturated carbocycles. The lowest BCUT2D eigenvalue weighted by Gasteiger charge is -2.26. The molecule has 1 atom stereocenters. The highest BCUT2D eigenvalue weighted by Crippen LogP contribution is 2.31. The van der Waals surface area contributed by atoms with Crippen LogP contribution in [0.2, 0.25) is 5.02 Å². The number of aryl methyl sites for hydroxylation is 1. The molecule has 0 aliphatic carbocycles. The number of aromatic nitrogens is 5. The minimum Gasteiger partial charge on any atom is -0.472 e. The molecule has 2 aliphatic heterocycles. The largest absolute Gasteiger partial charge is 0.472 e. The Labute approximate surface area is 190 Å². The highest BCUT2D eigenvalue weighted by Gasteiger charge is 2.27. The van der Waals surface area contributed by atoms with Gasteiger partial charge in [0.2, 0.25) is 5.88 Å². The maximum atomic E-state index is 11.7. The van der Waals surface area contributed by atoms with Gasteiger partial charge in [0.05, 0.1) is 37.3 Å². The third-order valence-electron chi connectivity index (χ3n) is 6.09. The molecule has 0 spiro atoms. The summed E-state index contributed by atoms with van der Waals surface area (Å²) in [5, 5.41) is 11.1. The summed E-state index contributed by atoms with van der Waals surface area (Å²) in [6, 6.07) is 3.96. The third kappa shape index (κ3) is 3.98. The van der Waals surface area contributed by atoms with Crippen LogP contribution in [0.1, 0.15) is 17.8 Å². The van der Waals surface area contributed by atoms with Gasteiger partial charge in [-0.2, -0.15) is 10.2 Å². The molecule has 3 aromatic heterocycles. The van der Waals surface area contributed by atoms with Crippen LogP contribution in [0.4, 0.5) is 5.69 Å². The maximum absolute atomic E-state index is 11.7. The second-order valence-electron chi connectivity index (χ2n) is 8.39. The average Bonchev–Trinajstić information content (AvgIpc) is 3.31. The second kappa shape index (κ2) is 8.55. The van der Waals surface area contributed by atoms with E-state index < -0.39 is 0 Å². The van der Waals surface area contributed by atoms with E-state index in [0.717, 1.165) is 55.2 Å². The van der Waals surface area contributed by atoms with Gasteiger partial charge in [-0.3, -0.25) is 9.48 Å². The fourth-order valence-corrected chi connectivity index (χ4v) is 4.58. The van der Waals surface area contributed by atoms with E-state index in [1.54, 1.807) is 12.4 Å². The molecule has 9 nitrogen and oxygen atoms in total. The SMILES string of the molecule is Cc1nn(CC2COC2)c(C)c1-c1ccnc(O[C@@H]2CCN(c3cn[nH]c(=O)c3Cl)C2)c1. The number of nitrogens with one attached hydrogen (secondary N) is 1. The monoisotopic (exact) mass is 456 g/mol. The van der Waals surface area contributed by atoms with E-state index in [1.165, 1.54) is 0 Å². The molecule has 2 aliphatic rings. The molecule has 5 rings (SSSR count). The Bertz CT molecular complexity index is 1190. The van der Waals surface area contributed by atoms with Gasteiger partial charge in [-0.1, -0.05) is 11.6 Å². The molecule has 0 amide bonds. The molecule has 2 fully saturated rings. The van der Waals surface area contributed by atoms with Crippen molar-refractivity contribution in [3.8, 4) is 17.0 Å². The summed E-state index contributed by atoms with van der Waals surface area (Å²) in [5.41, 5.74) is 4.51. The first kappa shape index (κ1) is 21.0. The number of pyridine rings is 1. The Morgan fingerprint density at radius 2 is 2.19 bits per heavy atom. The van der Waals surface area contributed by atoms with Crippen molar-refractivity contribution in [2.75, 3.05) is 31.2 Å². The van der Waals surface area contributed by atoms with E-state index in [0.29, 0.717) is 24.0 Å². The van der Waals surface area contributed by atoms with Crippen LogP contribution in [0.15, 0.2) is 29.3 Å². The predicted octanol–water partition coefficient (Wildman–Crippen LogP) is 2.60. The van der Waals surface area contributed by atoms with Crippen molar-refractivity contribution in [2.24, 2.45) is 5.92 Å². The normalized spacial score (nSPS) is 18.7. The van der Waals surface area contributed by atoms with Crippen molar-refractivity contribution in [3.63, 3.8) is 0 Å². The number of H-pyrrole nitrogens is 1. The van der Waals surface area contributed by atoms with Crippen LogP contribution >= 0.6 is 11.6 Å². The summed E-state index contributed by atoms with van der Waals surface area (Å²) >= 11 is 6.15. The molecule has 0 aromatic carbocycles. The molecular weight excluding hydrogens is 432 g/mol. The topological polar surface area (TPSA) is 98.2 Å². The van der Waals surface area contributed by atoms with Crippen LogP contribution in [-0.4, -0.2) is 57.4 Å². The van der Waals surface area contributed by atoms with Gasteiger partial charge >= 0.3 is 0 Å². The first-order valence-corrected chi connectivity index (χ1v) is 11.1. The predicted molar refractivity (Wildman–Crippen MR) is 120 cm³/mol. The molecule has 1 N–H and O–H groups in total. The lowest BCUT2D eigenvalue weighted by Crippen LogP contribution is -2.32. The van der Waals surface area contributed by atoms with Crippen LogP contribution in [-0.2, 0) is 11.3 Å². The van der Waals surface area contributed by atoms with Crippen molar-refractivity contribution in [3.05, 3.63) is 51.3 Å². The van der Waals surface area contributed by atoms with Gasteiger partial charge < -0.3 is 14.4 Å². The molecule has 0 bridgehead atoms. The number of halogens is 1. The van der Waals surface area contributed by atoms with Crippen LogP contribution in [0.5, 0.6) is 5.88 Å². The number of ether oxygens (including phenoxy) is 2. The number of aromatic amines is 1. The van der Waals surface area contributed by atoms with E-state index in [-0.39, 0.29) is 16.7 Å². The molecular formula is C22H25ClN6O3. The van der Waals surface area contributed by atoms with E-state index in [9.17, 15) is 4.79 Å². The Hall–Kier alpha value is -2.91. The van der Waals surface area contributed by atoms with Gasteiger partial charge in [-0.25, -0.2) is 10.1 Å². The highest BCUT2D eigenvalue weighted by molar-refractivity contribution is 6.33. The van der Waals surface area contributed by atoms with Gasteiger partial charge in [0.1, 0.15) is 11.1 Å². The number of hydrogen-bond donors (Lipinski definition) is 1. The van der Waals surface area contributed by atoms with E-state index in [2.05, 4.69) is 26.8 Å². The second-order valence-corrected chi connectivity index (χ2v) is 8.77. The van der Waals surface area contributed by atoms with E-state index in [4.69, 9.17) is 26.2 Å². The molecule has 5 heterocycles. The molecule has 10 heteroatoms. The summed E-state index contributed by atoms with van der Waals surface area (Å²) < 4.78 is 13.6. The summed E-state index contributed by atoms with van der Waals surface area (Å²) in [7, 11) is 0. The van der Waals surface area contributed by atoms with E-state index in [1.807, 2.05) is 24.0 Å². The van der Waals surface area contributed by atoms with Crippen LogP contribution in [0.25, 0.3) is 11.1 Å². The van der Waals surface area contributed by atoms with Crippen molar-refractivity contribution in [1.29, 1.82) is 0 Å². The summed E-state index contributed by atoms with van der Waals surface area (Å²) in [4.78, 5) is 18.2. The number of nitrogens with zero attached hydrogens (tertiary/aromatic N) is 5. The number of anilines is 1. The first-order chi connectivity index (χ1) is 15.5. The Morgan fingerprint density at radius 1 is 1.34 bits per heavy atom. The minimum absolute atomic E-state index is 0.0587. The number of rotatable bonds is 6. The van der Waals surface area contributed by atoms with Crippen LogP contribution in [0, 0.1) is 19.8 Å². The van der Waals surface area contributed by atoms with Crippen LogP contribution < -0.4 is 15.2 Å². The average molecular weight is 457 g/mol. The smallest absolute Gasteiger partial charge is 0.285 e. The van der Waals surface area contributed by atoms with E-state index >= 15 is 0 Å². The summed E-state index contributed by atoms with van der Waals surface area (Å²) in [6.07, 6.45) is 4.08. The highest BCUT2D eigenvalue weighted by atomic mass is 35.5. The van der Waals surface area contributed by atoms with Gasteiger partial charge in [-0.05, 0) is 25.5 Å². The Kier molecular flexibility index (Phi) is 5.60. The molecule has 32 heavy (non-hydrogen) atoms. The Balaban J connectivity index is 1.31. The zero-order valence-corrected chi connectivity index (χ0v) is 18.8. The standard InChI is InChI=1S/C22H25ClN6O3/c1-13-20(14(2)29(27-13)9-15-11-31-12-15)16-3-5-24-19(7-16)32-17-4-6-28(10-17)18-8-25-26-22(30)21(18)23/h3,5,7-8,15,17H,4,6,9-12H2,1-2H3,(H,26,30)/t17-/m1/s1. The van der Waals surface area contributed by atoms with Gasteiger partial charge in [0, 0.05) is 48.9 Å². The maximum Gasteiger partial charge on any atom is 0.285 e. The third-order valence-corrected chi connectivity index (χ3v) is 6.46.